The first-order valence-corrected chi connectivity index (χ1v) is 9.42. The van der Waals surface area contributed by atoms with Crippen molar-refractivity contribution in [1.82, 2.24) is 9.29 Å². The highest BCUT2D eigenvalue weighted by molar-refractivity contribution is 7.91. The summed E-state index contributed by atoms with van der Waals surface area (Å²) in [4.78, 5) is 1.00. The van der Waals surface area contributed by atoms with E-state index in [1.807, 2.05) is 13.0 Å². The molecule has 114 valence electrons. The topological polar surface area (TPSA) is 51.1 Å². The van der Waals surface area contributed by atoms with E-state index in [-0.39, 0.29) is 0 Å². The van der Waals surface area contributed by atoms with Crippen molar-refractivity contribution < 1.29 is 8.42 Å². The summed E-state index contributed by atoms with van der Waals surface area (Å²) in [6, 6.07) is 6.21. The fraction of sp³-hybridized carbons (Fsp3) is 0.467. The van der Waals surface area contributed by atoms with Gasteiger partial charge in [-0.1, -0.05) is 0 Å². The molecule has 1 saturated carbocycles. The lowest BCUT2D eigenvalue weighted by atomic mass is 10.2. The van der Waals surface area contributed by atoms with E-state index < -0.39 is 10.0 Å². The van der Waals surface area contributed by atoms with Crippen LogP contribution < -0.4 is 4.72 Å². The molecule has 0 unspecified atom stereocenters. The molecule has 6 heteroatoms. The molecule has 21 heavy (non-hydrogen) atoms. The van der Waals surface area contributed by atoms with E-state index in [4.69, 9.17) is 0 Å². The molecule has 3 rings (SSSR count). The molecule has 0 spiro atoms. The van der Waals surface area contributed by atoms with Gasteiger partial charge in [-0.3, -0.25) is 0 Å². The number of sulfonamides is 1. The molecule has 2 heterocycles. The molecule has 2 aromatic rings. The summed E-state index contributed by atoms with van der Waals surface area (Å²) >= 11 is 1.30. The van der Waals surface area contributed by atoms with Crippen LogP contribution in [-0.4, -0.2) is 13.0 Å². The SMILES string of the molecule is Cc1ccc(S(=O)(=O)NCc2cc(C)n(C3CC3)c2C)s1. The van der Waals surface area contributed by atoms with Crippen LogP contribution in [0.25, 0.3) is 0 Å². The molecule has 0 amide bonds. The number of aryl methyl sites for hydroxylation is 2. The first-order chi connectivity index (χ1) is 9.88. The third-order valence-corrected chi connectivity index (χ3v) is 6.83. The van der Waals surface area contributed by atoms with E-state index in [2.05, 4.69) is 29.2 Å². The van der Waals surface area contributed by atoms with Crippen LogP contribution in [0.4, 0.5) is 0 Å². The Balaban J connectivity index is 1.77. The molecule has 0 saturated heterocycles. The van der Waals surface area contributed by atoms with Gasteiger partial charge in [0.1, 0.15) is 4.21 Å². The smallest absolute Gasteiger partial charge is 0.250 e. The highest BCUT2D eigenvalue weighted by Crippen LogP contribution is 2.38. The van der Waals surface area contributed by atoms with E-state index in [1.165, 1.54) is 35.6 Å². The van der Waals surface area contributed by atoms with Crippen molar-refractivity contribution in [2.24, 2.45) is 0 Å². The van der Waals surface area contributed by atoms with E-state index in [9.17, 15) is 8.42 Å². The van der Waals surface area contributed by atoms with Crippen LogP contribution in [0, 0.1) is 20.8 Å². The van der Waals surface area contributed by atoms with Crippen molar-refractivity contribution in [3.63, 3.8) is 0 Å². The van der Waals surface area contributed by atoms with Crippen molar-refractivity contribution in [3.8, 4) is 0 Å². The normalized spacial score (nSPS) is 15.6. The van der Waals surface area contributed by atoms with Gasteiger partial charge >= 0.3 is 0 Å². The molecular weight excluding hydrogens is 304 g/mol. The largest absolute Gasteiger partial charge is 0.346 e. The minimum Gasteiger partial charge on any atom is -0.346 e. The third kappa shape index (κ3) is 2.93. The summed E-state index contributed by atoms with van der Waals surface area (Å²) < 4.78 is 30.0. The van der Waals surface area contributed by atoms with Crippen molar-refractivity contribution in [2.75, 3.05) is 0 Å². The minimum atomic E-state index is -3.40. The maximum atomic E-state index is 12.3. The van der Waals surface area contributed by atoms with Gasteiger partial charge in [0.2, 0.25) is 10.0 Å². The Kier molecular flexibility index (Phi) is 3.71. The highest BCUT2D eigenvalue weighted by Gasteiger charge is 2.27. The number of thiophene rings is 1. The summed E-state index contributed by atoms with van der Waals surface area (Å²) in [5.41, 5.74) is 3.47. The van der Waals surface area contributed by atoms with Gasteiger partial charge in [-0.2, -0.15) is 0 Å². The van der Waals surface area contributed by atoms with E-state index in [0.29, 0.717) is 16.8 Å². The summed E-state index contributed by atoms with van der Waals surface area (Å²) in [6.45, 7) is 6.43. The van der Waals surface area contributed by atoms with Crippen LogP contribution in [0.1, 0.15) is 40.7 Å². The standard InChI is InChI=1S/C15H20N2O2S2/c1-10-8-13(12(3)17(10)14-5-6-14)9-16-21(18,19)15-7-4-11(2)20-15/h4,7-8,14,16H,5-6,9H2,1-3H3. The number of aromatic nitrogens is 1. The van der Waals surface area contributed by atoms with Crippen LogP contribution in [-0.2, 0) is 16.6 Å². The van der Waals surface area contributed by atoms with E-state index in [1.54, 1.807) is 6.07 Å². The second-order valence-electron chi connectivity index (χ2n) is 5.69. The number of nitrogens with one attached hydrogen (secondary N) is 1. The maximum Gasteiger partial charge on any atom is 0.250 e. The maximum absolute atomic E-state index is 12.3. The first kappa shape index (κ1) is 14.8. The van der Waals surface area contributed by atoms with Crippen molar-refractivity contribution in [2.45, 2.75) is 50.4 Å². The number of nitrogens with zero attached hydrogens (tertiary/aromatic N) is 1. The zero-order valence-corrected chi connectivity index (χ0v) is 14.1. The molecule has 1 N–H and O–H groups in total. The van der Waals surface area contributed by atoms with Crippen LogP contribution in [0.15, 0.2) is 22.4 Å². The Hall–Kier alpha value is -1.11. The molecule has 4 nitrogen and oxygen atoms in total. The van der Waals surface area contributed by atoms with Crippen LogP contribution >= 0.6 is 11.3 Å². The van der Waals surface area contributed by atoms with Gasteiger partial charge in [0.05, 0.1) is 0 Å². The molecular formula is C15H20N2O2S2. The highest BCUT2D eigenvalue weighted by atomic mass is 32.2. The fourth-order valence-electron chi connectivity index (χ4n) is 2.72. The summed E-state index contributed by atoms with van der Waals surface area (Å²) in [6.07, 6.45) is 2.46. The van der Waals surface area contributed by atoms with Gasteiger partial charge in [0.15, 0.2) is 0 Å². The molecule has 0 aliphatic heterocycles. The molecule has 1 fully saturated rings. The summed E-state index contributed by atoms with van der Waals surface area (Å²) in [5, 5.41) is 0. The first-order valence-electron chi connectivity index (χ1n) is 7.12. The second-order valence-corrected chi connectivity index (χ2v) is 8.97. The summed E-state index contributed by atoms with van der Waals surface area (Å²) in [7, 11) is -3.40. The molecule has 0 bridgehead atoms. The zero-order chi connectivity index (χ0) is 15.2. The average molecular weight is 324 g/mol. The van der Waals surface area contributed by atoms with Crippen molar-refractivity contribution in [1.29, 1.82) is 0 Å². The van der Waals surface area contributed by atoms with Gasteiger partial charge in [-0.05, 0) is 57.4 Å². The molecule has 0 atom stereocenters. The quantitative estimate of drug-likeness (QED) is 0.917. The van der Waals surface area contributed by atoms with Crippen LogP contribution in [0.5, 0.6) is 0 Å². The minimum absolute atomic E-state index is 0.353. The number of hydrogen-bond acceptors (Lipinski definition) is 3. The second kappa shape index (κ2) is 5.26. The molecule has 1 aliphatic rings. The lowest BCUT2D eigenvalue weighted by molar-refractivity contribution is 0.583. The zero-order valence-electron chi connectivity index (χ0n) is 12.5. The number of rotatable bonds is 5. The van der Waals surface area contributed by atoms with Crippen molar-refractivity contribution >= 4 is 21.4 Å². The molecule has 0 aromatic carbocycles. The third-order valence-electron chi connectivity index (χ3n) is 3.93. The monoisotopic (exact) mass is 324 g/mol. The van der Waals surface area contributed by atoms with Crippen molar-refractivity contribution in [3.05, 3.63) is 40.0 Å². The Bertz CT molecular complexity index is 768. The van der Waals surface area contributed by atoms with Gasteiger partial charge in [0, 0.05) is 28.9 Å². The number of hydrogen-bond donors (Lipinski definition) is 1. The summed E-state index contributed by atoms with van der Waals surface area (Å²) in [5.74, 6) is 0. The van der Waals surface area contributed by atoms with Gasteiger partial charge in [-0.25, -0.2) is 13.1 Å². The molecule has 2 aromatic heterocycles. The average Bonchev–Trinajstić information content (AvgIpc) is 3.07. The Morgan fingerprint density at radius 1 is 1.29 bits per heavy atom. The molecule has 1 aliphatic carbocycles. The fourth-order valence-corrected chi connectivity index (χ4v) is 5.05. The Morgan fingerprint density at radius 2 is 2.00 bits per heavy atom. The van der Waals surface area contributed by atoms with Gasteiger partial charge in [-0.15, -0.1) is 11.3 Å². The lowest BCUT2D eigenvalue weighted by Gasteiger charge is -2.08. The predicted molar refractivity (Wildman–Crippen MR) is 85.3 cm³/mol. The predicted octanol–water partition coefficient (Wildman–Crippen LogP) is 3.29. The Labute approximate surface area is 129 Å². The molecule has 0 radical (unpaired) electrons. The van der Waals surface area contributed by atoms with E-state index in [0.717, 1.165) is 10.4 Å². The van der Waals surface area contributed by atoms with Gasteiger partial charge < -0.3 is 4.57 Å². The van der Waals surface area contributed by atoms with Gasteiger partial charge in [0.25, 0.3) is 0 Å². The lowest BCUT2D eigenvalue weighted by Crippen LogP contribution is -2.22. The van der Waals surface area contributed by atoms with E-state index >= 15 is 0 Å². The van der Waals surface area contributed by atoms with Crippen LogP contribution in [0.3, 0.4) is 0 Å². The van der Waals surface area contributed by atoms with Crippen LogP contribution in [0.2, 0.25) is 0 Å². The Morgan fingerprint density at radius 3 is 2.57 bits per heavy atom.